The predicted octanol–water partition coefficient (Wildman–Crippen LogP) is 5.99. The van der Waals surface area contributed by atoms with E-state index in [-0.39, 0.29) is 17.7 Å². The molecule has 0 saturated heterocycles. The van der Waals surface area contributed by atoms with Crippen molar-refractivity contribution in [2.75, 3.05) is 13.6 Å². The Bertz CT molecular complexity index is 1400. The molecule has 0 saturated carbocycles. The zero-order valence-corrected chi connectivity index (χ0v) is 21.6. The van der Waals surface area contributed by atoms with Gasteiger partial charge in [0.05, 0.1) is 28.4 Å². The van der Waals surface area contributed by atoms with Crippen molar-refractivity contribution in [3.63, 3.8) is 0 Å². The first-order valence-corrected chi connectivity index (χ1v) is 12.1. The number of hydrogen-bond acceptors (Lipinski definition) is 4. The van der Waals surface area contributed by atoms with Gasteiger partial charge in [-0.15, -0.1) is 0 Å². The first kappa shape index (κ1) is 24.0. The number of aromatic amines is 1. The zero-order valence-electron chi connectivity index (χ0n) is 20.1. The van der Waals surface area contributed by atoms with Crippen LogP contribution in [0.1, 0.15) is 45.6 Å². The topological polar surface area (TPSA) is 80.2 Å². The van der Waals surface area contributed by atoms with Crippen molar-refractivity contribution in [1.82, 2.24) is 19.4 Å². The molecule has 7 nitrogen and oxygen atoms in total. The van der Waals surface area contributed by atoms with E-state index in [4.69, 9.17) is 4.74 Å². The third-order valence-electron chi connectivity index (χ3n) is 5.78. The summed E-state index contributed by atoms with van der Waals surface area (Å²) in [6.45, 7) is 8.23. The highest BCUT2D eigenvalue weighted by molar-refractivity contribution is 9.10. The molecule has 0 radical (unpaired) electrons. The van der Waals surface area contributed by atoms with E-state index in [9.17, 15) is 9.59 Å². The van der Waals surface area contributed by atoms with Crippen molar-refractivity contribution in [3.05, 3.63) is 69.2 Å². The molecule has 1 unspecified atom stereocenters. The monoisotopic (exact) mass is 524 g/mol. The highest BCUT2D eigenvalue weighted by Gasteiger charge is 2.22. The summed E-state index contributed by atoms with van der Waals surface area (Å²) in [6, 6.07) is 13.8. The van der Waals surface area contributed by atoms with Crippen LogP contribution in [-0.2, 0) is 4.74 Å². The fourth-order valence-corrected chi connectivity index (χ4v) is 4.47. The van der Waals surface area contributed by atoms with E-state index in [2.05, 4.69) is 32.8 Å². The van der Waals surface area contributed by atoms with Crippen molar-refractivity contribution in [3.8, 4) is 5.69 Å². The Morgan fingerprint density at radius 2 is 1.91 bits per heavy atom. The average molecular weight is 525 g/mol. The van der Waals surface area contributed by atoms with E-state index in [1.54, 1.807) is 22.7 Å². The number of fused-ring (bicyclic) bond motifs is 3. The Labute approximate surface area is 206 Å². The largest absolute Gasteiger partial charge is 0.444 e. The minimum Gasteiger partial charge on any atom is -0.444 e. The molecule has 1 amide bonds. The van der Waals surface area contributed by atoms with Gasteiger partial charge in [-0.05, 0) is 63.1 Å². The number of ether oxygens (including phenoxy) is 1. The van der Waals surface area contributed by atoms with Gasteiger partial charge in [0.15, 0.2) is 0 Å². The normalized spacial score (nSPS) is 12.8. The average Bonchev–Trinajstić information content (AvgIpc) is 3.12. The van der Waals surface area contributed by atoms with Gasteiger partial charge in [-0.2, -0.15) is 0 Å². The van der Waals surface area contributed by atoms with Crippen LogP contribution in [-0.4, -0.2) is 44.7 Å². The molecular weight excluding hydrogens is 496 g/mol. The molecule has 2 heterocycles. The fraction of sp³-hybridized carbons (Fsp3) is 0.346. The van der Waals surface area contributed by atoms with Crippen molar-refractivity contribution in [1.29, 1.82) is 0 Å². The second-order valence-corrected chi connectivity index (χ2v) is 10.4. The van der Waals surface area contributed by atoms with Gasteiger partial charge in [0.2, 0.25) is 0 Å². The molecule has 1 atom stereocenters. The second kappa shape index (κ2) is 9.25. The molecule has 0 fully saturated rings. The number of carbonyl (C=O) groups excluding carboxylic acids is 1. The summed E-state index contributed by atoms with van der Waals surface area (Å²) in [4.78, 5) is 34.3. The first-order valence-electron chi connectivity index (χ1n) is 11.3. The van der Waals surface area contributed by atoms with E-state index in [0.717, 1.165) is 38.6 Å². The molecule has 0 spiro atoms. The molecule has 4 aromatic rings. The highest BCUT2D eigenvalue weighted by atomic mass is 79.9. The molecular formula is C26H29BrN4O3. The second-order valence-electron chi connectivity index (χ2n) is 9.51. The van der Waals surface area contributed by atoms with Gasteiger partial charge in [0.25, 0.3) is 0 Å². The van der Waals surface area contributed by atoms with Crippen LogP contribution in [0.4, 0.5) is 4.79 Å². The summed E-state index contributed by atoms with van der Waals surface area (Å²) >= 11 is 3.52. The maximum absolute atomic E-state index is 12.9. The number of aromatic nitrogens is 3. The molecule has 2 aromatic heterocycles. The van der Waals surface area contributed by atoms with Crippen LogP contribution in [0.3, 0.4) is 0 Å². The summed E-state index contributed by atoms with van der Waals surface area (Å²) < 4.78 is 8.09. The highest BCUT2D eigenvalue weighted by Crippen LogP contribution is 2.28. The number of rotatable bonds is 5. The number of pyridine rings is 1. The van der Waals surface area contributed by atoms with Crippen LogP contribution in [0, 0.1) is 0 Å². The smallest absolute Gasteiger partial charge is 0.410 e. The number of halogens is 1. The molecule has 2 aromatic carbocycles. The summed E-state index contributed by atoms with van der Waals surface area (Å²) in [6.07, 6.45) is 2.22. The number of likely N-dealkylation sites (N-methyl/N-ethyl adjacent to an activating group) is 1. The van der Waals surface area contributed by atoms with Crippen molar-refractivity contribution in [2.24, 2.45) is 0 Å². The SMILES string of the molecule is CCC(CN(C)C(=O)OC(C)(C)C)c1ccc(-n2c(=O)[nH]c3cnc4ccc(Br)cc4c32)cc1. The van der Waals surface area contributed by atoms with E-state index in [1.807, 2.05) is 63.2 Å². The maximum atomic E-state index is 12.9. The van der Waals surface area contributed by atoms with Crippen LogP contribution in [0.25, 0.3) is 27.6 Å². The maximum Gasteiger partial charge on any atom is 0.410 e. The van der Waals surface area contributed by atoms with Crippen LogP contribution >= 0.6 is 15.9 Å². The molecule has 0 bridgehead atoms. The number of H-pyrrole nitrogens is 1. The summed E-state index contributed by atoms with van der Waals surface area (Å²) in [5.41, 5.74) is 3.42. The van der Waals surface area contributed by atoms with E-state index >= 15 is 0 Å². The van der Waals surface area contributed by atoms with Gasteiger partial charge in [0.1, 0.15) is 5.60 Å². The van der Waals surface area contributed by atoms with Gasteiger partial charge in [-0.1, -0.05) is 35.0 Å². The number of amides is 1. The molecule has 0 aliphatic heterocycles. The van der Waals surface area contributed by atoms with Crippen LogP contribution in [0.2, 0.25) is 0 Å². The Balaban J connectivity index is 1.66. The number of nitrogens with zero attached hydrogens (tertiary/aromatic N) is 3. The summed E-state index contributed by atoms with van der Waals surface area (Å²) in [5.74, 6) is 0.146. The first-order chi connectivity index (χ1) is 16.1. The number of benzene rings is 2. The molecule has 0 aliphatic carbocycles. The predicted molar refractivity (Wildman–Crippen MR) is 139 cm³/mol. The lowest BCUT2D eigenvalue weighted by atomic mass is 9.96. The lowest BCUT2D eigenvalue weighted by molar-refractivity contribution is 0.0288. The molecule has 0 aliphatic rings. The molecule has 34 heavy (non-hydrogen) atoms. The van der Waals surface area contributed by atoms with Crippen molar-refractivity contribution < 1.29 is 9.53 Å². The van der Waals surface area contributed by atoms with E-state index in [1.165, 1.54) is 0 Å². The third-order valence-corrected chi connectivity index (χ3v) is 6.28. The number of carbonyl (C=O) groups is 1. The third kappa shape index (κ3) is 4.87. The minimum atomic E-state index is -0.531. The zero-order chi connectivity index (χ0) is 24.6. The molecule has 178 valence electrons. The van der Waals surface area contributed by atoms with Crippen molar-refractivity contribution in [2.45, 2.75) is 45.6 Å². The van der Waals surface area contributed by atoms with Crippen LogP contribution in [0.5, 0.6) is 0 Å². The Morgan fingerprint density at radius 1 is 1.21 bits per heavy atom. The van der Waals surface area contributed by atoms with E-state index in [0.29, 0.717) is 12.1 Å². The standard InChI is InChI=1S/C26H29BrN4O3/c1-6-16(15-30(5)25(33)34-26(2,3)4)17-7-10-19(11-8-17)31-23-20-13-18(27)9-12-21(20)28-14-22(23)29-24(31)32/h7-14,16H,6,15H2,1-5H3,(H,29,32). The Kier molecular flexibility index (Phi) is 6.53. The number of hydrogen-bond donors (Lipinski definition) is 1. The molecule has 1 N–H and O–H groups in total. The lowest BCUT2D eigenvalue weighted by Gasteiger charge is -2.27. The van der Waals surface area contributed by atoms with Gasteiger partial charge in [-0.3, -0.25) is 9.55 Å². The van der Waals surface area contributed by atoms with Crippen molar-refractivity contribution >= 4 is 44.0 Å². The van der Waals surface area contributed by atoms with Crippen LogP contribution in [0.15, 0.2) is 57.9 Å². The molecule has 8 heteroatoms. The number of nitrogens with one attached hydrogen (secondary N) is 1. The van der Waals surface area contributed by atoms with Crippen LogP contribution < -0.4 is 5.69 Å². The molecule has 4 rings (SSSR count). The Morgan fingerprint density at radius 3 is 2.56 bits per heavy atom. The Hall–Kier alpha value is -3.13. The number of imidazole rings is 1. The minimum absolute atomic E-state index is 0.146. The lowest BCUT2D eigenvalue weighted by Crippen LogP contribution is -2.36. The van der Waals surface area contributed by atoms with E-state index < -0.39 is 5.60 Å². The quantitative estimate of drug-likeness (QED) is 0.347. The van der Waals surface area contributed by atoms with Gasteiger partial charge in [0, 0.05) is 29.4 Å². The summed E-state index contributed by atoms with van der Waals surface area (Å²) in [7, 11) is 1.76. The van der Waals surface area contributed by atoms with Gasteiger partial charge < -0.3 is 14.6 Å². The summed E-state index contributed by atoms with van der Waals surface area (Å²) in [5, 5.41) is 0.889. The van der Waals surface area contributed by atoms with Gasteiger partial charge >= 0.3 is 11.8 Å². The fourth-order valence-electron chi connectivity index (χ4n) is 4.11. The van der Waals surface area contributed by atoms with Gasteiger partial charge in [-0.25, -0.2) is 9.59 Å².